The third-order valence-electron chi connectivity index (χ3n) is 4.00. The highest BCUT2D eigenvalue weighted by Gasteiger charge is 2.25. The van der Waals surface area contributed by atoms with Crippen LogP contribution in [-0.2, 0) is 10.2 Å². The Bertz CT molecular complexity index is 561. The molecule has 7 heteroatoms. The van der Waals surface area contributed by atoms with Gasteiger partial charge in [0, 0.05) is 50.6 Å². The molecule has 2 aliphatic rings. The van der Waals surface area contributed by atoms with E-state index in [0.29, 0.717) is 18.8 Å². The summed E-state index contributed by atoms with van der Waals surface area (Å²) in [4.78, 5) is 2.30. The first kappa shape index (κ1) is 14.6. The molecule has 2 fully saturated rings. The molecular formula is C14H22N4O2S. The predicted octanol–water partition coefficient (Wildman–Crippen LogP) is 0.849. The molecule has 1 aromatic rings. The molecule has 2 N–H and O–H groups in total. The van der Waals surface area contributed by atoms with E-state index in [9.17, 15) is 8.42 Å². The maximum atomic E-state index is 12.2. The van der Waals surface area contributed by atoms with Gasteiger partial charge in [0.25, 0.3) is 0 Å². The first-order valence-electron chi connectivity index (χ1n) is 7.49. The van der Waals surface area contributed by atoms with Gasteiger partial charge in [0.05, 0.1) is 0 Å². The fourth-order valence-electron chi connectivity index (χ4n) is 2.81. The Morgan fingerprint density at radius 2 is 1.57 bits per heavy atom. The molecule has 0 amide bonds. The molecule has 21 heavy (non-hydrogen) atoms. The number of rotatable bonds is 4. The van der Waals surface area contributed by atoms with Crippen molar-refractivity contribution in [3.8, 4) is 0 Å². The predicted molar refractivity (Wildman–Crippen MR) is 84.9 cm³/mol. The van der Waals surface area contributed by atoms with Crippen LogP contribution in [0.5, 0.6) is 0 Å². The number of nitrogens with zero attached hydrogens (tertiary/aromatic N) is 2. The Labute approximate surface area is 126 Å². The van der Waals surface area contributed by atoms with Crippen molar-refractivity contribution in [2.24, 2.45) is 0 Å². The number of benzene rings is 1. The summed E-state index contributed by atoms with van der Waals surface area (Å²) in [6, 6.07) is 7.64. The molecule has 0 aromatic heterocycles. The second-order valence-electron chi connectivity index (χ2n) is 5.50. The summed E-state index contributed by atoms with van der Waals surface area (Å²) in [6.07, 6.45) is 1.89. The van der Waals surface area contributed by atoms with Gasteiger partial charge in [-0.15, -0.1) is 0 Å². The van der Waals surface area contributed by atoms with Crippen molar-refractivity contribution < 1.29 is 8.42 Å². The summed E-state index contributed by atoms with van der Waals surface area (Å²) in [5, 5.41) is 3.32. The average Bonchev–Trinajstić information content (AvgIpc) is 3.04. The molecule has 0 radical (unpaired) electrons. The van der Waals surface area contributed by atoms with Crippen LogP contribution in [0.4, 0.5) is 11.4 Å². The van der Waals surface area contributed by atoms with Crippen molar-refractivity contribution in [3.05, 3.63) is 24.3 Å². The number of piperazine rings is 1. The lowest BCUT2D eigenvalue weighted by molar-refractivity contribution is 0.482. The van der Waals surface area contributed by atoms with Gasteiger partial charge in [-0.25, -0.2) is 0 Å². The molecular weight excluding hydrogens is 288 g/mol. The SMILES string of the molecule is O=S(=O)(Nc1ccc(N2CCNCC2)cc1)N1CCCC1. The Morgan fingerprint density at radius 1 is 0.952 bits per heavy atom. The summed E-state index contributed by atoms with van der Waals surface area (Å²) >= 11 is 0. The highest BCUT2D eigenvalue weighted by molar-refractivity contribution is 7.90. The quantitative estimate of drug-likeness (QED) is 0.865. The van der Waals surface area contributed by atoms with Crippen LogP contribution in [0.1, 0.15) is 12.8 Å². The first-order valence-corrected chi connectivity index (χ1v) is 8.93. The van der Waals surface area contributed by atoms with E-state index in [0.717, 1.165) is 44.7 Å². The number of hydrogen-bond acceptors (Lipinski definition) is 4. The summed E-state index contributed by atoms with van der Waals surface area (Å²) in [7, 11) is -3.39. The van der Waals surface area contributed by atoms with Crippen molar-refractivity contribution in [3.63, 3.8) is 0 Å². The molecule has 6 nitrogen and oxygen atoms in total. The van der Waals surface area contributed by atoms with Gasteiger partial charge in [0.1, 0.15) is 0 Å². The van der Waals surface area contributed by atoms with E-state index in [2.05, 4.69) is 14.9 Å². The lowest BCUT2D eigenvalue weighted by Crippen LogP contribution is -2.43. The number of nitrogens with one attached hydrogen (secondary N) is 2. The normalized spacial score (nSPS) is 20.7. The van der Waals surface area contributed by atoms with E-state index in [1.165, 1.54) is 4.31 Å². The Hall–Kier alpha value is -1.31. The van der Waals surface area contributed by atoms with Crippen LogP contribution in [0, 0.1) is 0 Å². The molecule has 0 bridgehead atoms. The maximum Gasteiger partial charge on any atom is 0.301 e. The van der Waals surface area contributed by atoms with Crippen LogP contribution in [0.2, 0.25) is 0 Å². The van der Waals surface area contributed by atoms with Crippen molar-refractivity contribution in [2.75, 3.05) is 48.9 Å². The third-order valence-corrected chi connectivity index (χ3v) is 5.54. The number of hydrogen-bond donors (Lipinski definition) is 2. The molecule has 0 spiro atoms. The second-order valence-corrected chi connectivity index (χ2v) is 7.17. The fourth-order valence-corrected chi connectivity index (χ4v) is 4.11. The van der Waals surface area contributed by atoms with E-state index in [4.69, 9.17) is 0 Å². The van der Waals surface area contributed by atoms with Gasteiger partial charge in [-0.2, -0.15) is 12.7 Å². The van der Waals surface area contributed by atoms with Crippen molar-refractivity contribution in [2.45, 2.75) is 12.8 Å². The summed E-state index contributed by atoms with van der Waals surface area (Å²) in [5.74, 6) is 0. The van der Waals surface area contributed by atoms with Gasteiger partial charge in [-0.05, 0) is 37.1 Å². The van der Waals surface area contributed by atoms with E-state index in [1.54, 1.807) is 0 Å². The Kier molecular flexibility index (Phi) is 4.32. The second kappa shape index (κ2) is 6.21. The molecule has 2 heterocycles. The average molecular weight is 310 g/mol. The fraction of sp³-hybridized carbons (Fsp3) is 0.571. The molecule has 2 saturated heterocycles. The Balaban J connectivity index is 1.66. The van der Waals surface area contributed by atoms with Crippen molar-refractivity contribution >= 4 is 21.6 Å². The molecule has 0 saturated carbocycles. The van der Waals surface area contributed by atoms with Crippen LogP contribution in [0.25, 0.3) is 0 Å². The van der Waals surface area contributed by atoms with Crippen LogP contribution < -0.4 is 14.9 Å². The molecule has 3 rings (SSSR count). The maximum absolute atomic E-state index is 12.2. The van der Waals surface area contributed by atoms with Crippen LogP contribution >= 0.6 is 0 Å². The lowest BCUT2D eigenvalue weighted by atomic mass is 10.2. The van der Waals surface area contributed by atoms with Gasteiger partial charge in [0.2, 0.25) is 0 Å². The molecule has 0 unspecified atom stereocenters. The summed E-state index contributed by atoms with van der Waals surface area (Å²) in [6.45, 7) is 5.19. The van der Waals surface area contributed by atoms with Crippen LogP contribution in [0.15, 0.2) is 24.3 Å². The van der Waals surface area contributed by atoms with Crippen molar-refractivity contribution in [1.29, 1.82) is 0 Å². The zero-order chi connectivity index (χ0) is 14.7. The molecule has 1 aromatic carbocycles. The molecule has 2 aliphatic heterocycles. The zero-order valence-corrected chi connectivity index (χ0v) is 12.9. The highest BCUT2D eigenvalue weighted by atomic mass is 32.2. The largest absolute Gasteiger partial charge is 0.369 e. The lowest BCUT2D eigenvalue weighted by Gasteiger charge is -2.29. The minimum Gasteiger partial charge on any atom is -0.369 e. The van der Waals surface area contributed by atoms with Gasteiger partial charge in [-0.1, -0.05) is 0 Å². The smallest absolute Gasteiger partial charge is 0.301 e. The van der Waals surface area contributed by atoms with Gasteiger partial charge >= 0.3 is 10.2 Å². The van der Waals surface area contributed by atoms with Crippen molar-refractivity contribution in [1.82, 2.24) is 9.62 Å². The van der Waals surface area contributed by atoms with Gasteiger partial charge < -0.3 is 10.2 Å². The minimum atomic E-state index is -3.39. The molecule has 0 atom stereocenters. The Morgan fingerprint density at radius 3 is 2.19 bits per heavy atom. The van der Waals surface area contributed by atoms with Crippen LogP contribution in [0.3, 0.4) is 0 Å². The third kappa shape index (κ3) is 3.48. The standard InChI is InChI=1S/C14H22N4O2S/c19-21(20,18-9-1-2-10-18)16-13-3-5-14(6-4-13)17-11-7-15-8-12-17/h3-6,15-16H,1-2,7-12H2. The first-order chi connectivity index (χ1) is 10.1. The van der Waals surface area contributed by atoms with E-state index >= 15 is 0 Å². The topological polar surface area (TPSA) is 64.7 Å². The summed E-state index contributed by atoms with van der Waals surface area (Å²) in [5.41, 5.74) is 1.77. The van der Waals surface area contributed by atoms with Crippen LogP contribution in [-0.4, -0.2) is 52.0 Å². The highest BCUT2D eigenvalue weighted by Crippen LogP contribution is 2.21. The monoisotopic (exact) mass is 310 g/mol. The summed E-state index contributed by atoms with van der Waals surface area (Å²) < 4.78 is 28.5. The minimum absolute atomic E-state index is 0.619. The van der Waals surface area contributed by atoms with E-state index in [-0.39, 0.29) is 0 Å². The van der Waals surface area contributed by atoms with Gasteiger partial charge in [-0.3, -0.25) is 4.72 Å². The van der Waals surface area contributed by atoms with E-state index in [1.807, 2.05) is 24.3 Å². The molecule has 0 aliphatic carbocycles. The zero-order valence-electron chi connectivity index (χ0n) is 12.1. The van der Waals surface area contributed by atoms with E-state index < -0.39 is 10.2 Å². The number of anilines is 2. The van der Waals surface area contributed by atoms with Gasteiger partial charge in [0.15, 0.2) is 0 Å². The molecule has 116 valence electrons.